The van der Waals surface area contributed by atoms with E-state index in [1.165, 1.54) is 0 Å². The van der Waals surface area contributed by atoms with Crippen LogP contribution in [0.3, 0.4) is 0 Å². The van der Waals surface area contributed by atoms with Crippen molar-refractivity contribution in [3.8, 4) is 0 Å². The third-order valence-corrected chi connectivity index (χ3v) is 4.93. The van der Waals surface area contributed by atoms with Crippen LogP contribution < -0.4 is 15.6 Å². The number of anilines is 1. The number of hydrogen-bond donors (Lipinski definition) is 2. The second kappa shape index (κ2) is 3.94. The summed E-state index contributed by atoms with van der Waals surface area (Å²) in [6.07, 6.45) is 0. The van der Waals surface area contributed by atoms with Gasteiger partial charge in [-0.3, -0.25) is 14.5 Å². The molecule has 0 saturated heterocycles. The summed E-state index contributed by atoms with van der Waals surface area (Å²) in [5, 5.41) is 1.48. The van der Waals surface area contributed by atoms with Gasteiger partial charge in [-0.25, -0.2) is 14.3 Å². The lowest BCUT2D eigenvalue weighted by atomic mass is 10.1. The first-order valence-corrected chi connectivity index (χ1v) is 7.03. The summed E-state index contributed by atoms with van der Waals surface area (Å²) >= 11 is 0. The molecule has 6 nitrogen and oxygen atoms in total. The third kappa shape index (κ3) is 1.59. The molecule has 0 aromatic heterocycles. The van der Waals surface area contributed by atoms with Crippen molar-refractivity contribution < 1.29 is 13.2 Å². The van der Waals surface area contributed by atoms with E-state index in [1.807, 2.05) is 17.6 Å². The van der Waals surface area contributed by atoms with Crippen LogP contribution >= 0.6 is 0 Å². The largest absolute Gasteiger partial charge is 0.293 e. The van der Waals surface area contributed by atoms with Gasteiger partial charge in [0, 0.05) is 5.39 Å². The SMILES string of the molecule is NNC(=O)CN1c2cccc3cccc(c23)S1(=O)=O. The number of carbonyl (C=O) groups is 1. The molecule has 7 heteroatoms. The van der Waals surface area contributed by atoms with E-state index in [-0.39, 0.29) is 11.4 Å². The molecule has 0 aliphatic carbocycles. The standard InChI is InChI=1S/C12H11N3O3S/c13-14-11(16)7-15-9-5-1-3-8-4-2-6-10(12(8)9)19(15,17)18/h1-6H,7,13H2,(H,14,16). The van der Waals surface area contributed by atoms with E-state index in [9.17, 15) is 13.2 Å². The lowest BCUT2D eigenvalue weighted by Crippen LogP contribution is -2.41. The van der Waals surface area contributed by atoms with Crippen LogP contribution in [0.25, 0.3) is 10.8 Å². The summed E-state index contributed by atoms with van der Waals surface area (Å²) in [6.45, 7) is -0.327. The van der Waals surface area contributed by atoms with Crippen LogP contribution in [0.4, 0.5) is 5.69 Å². The first kappa shape index (κ1) is 11.9. The molecule has 98 valence electrons. The smallest absolute Gasteiger partial charge is 0.265 e. The average Bonchev–Trinajstić information content (AvgIpc) is 2.62. The van der Waals surface area contributed by atoms with Crippen molar-refractivity contribution in [2.75, 3.05) is 10.8 Å². The number of carbonyl (C=O) groups excluding carboxylic acids is 1. The van der Waals surface area contributed by atoms with Gasteiger partial charge in [0.05, 0.1) is 10.6 Å². The van der Waals surface area contributed by atoms with Gasteiger partial charge in [0.25, 0.3) is 15.9 Å². The molecule has 0 radical (unpaired) electrons. The van der Waals surface area contributed by atoms with E-state index in [1.54, 1.807) is 24.3 Å². The second-order valence-electron chi connectivity index (χ2n) is 4.21. The summed E-state index contributed by atoms with van der Waals surface area (Å²) in [5.41, 5.74) is 2.45. The van der Waals surface area contributed by atoms with E-state index in [2.05, 4.69) is 0 Å². The van der Waals surface area contributed by atoms with Gasteiger partial charge >= 0.3 is 0 Å². The maximum Gasteiger partial charge on any atom is 0.265 e. The molecule has 1 aliphatic heterocycles. The monoisotopic (exact) mass is 277 g/mol. The first-order chi connectivity index (χ1) is 9.05. The Hall–Kier alpha value is -2.12. The molecule has 2 aromatic carbocycles. The van der Waals surface area contributed by atoms with Gasteiger partial charge in [0.1, 0.15) is 6.54 Å². The van der Waals surface area contributed by atoms with Crippen LogP contribution in [-0.4, -0.2) is 20.9 Å². The fourth-order valence-corrected chi connectivity index (χ4v) is 3.97. The van der Waals surface area contributed by atoms with E-state index in [0.29, 0.717) is 11.1 Å². The van der Waals surface area contributed by atoms with E-state index >= 15 is 0 Å². The third-order valence-electron chi connectivity index (χ3n) is 3.13. The number of hydrogen-bond acceptors (Lipinski definition) is 4. The van der Waals surface area contributed by atoms with Gasteiger partial charge in [-0.15, -0.1) is 0 Å². The highest BCUT2D eigenvalue weighted by Gasteiger charge is 2.36. The van der Waals surface area contributed by atoms with Gasteiger partial charge in [-0.1, -0.05) is 24.3 Å². The molecule has 0 spiro atoms. The minimum Gasteiger partial charge on any atom is -0.293 e. The predicted molar refractivity (Wildman–Crippen MR) is 70.8 cm³/mol. The molecule has 0 saturated carbocycles. The quantitative estimate of drug-likeness (QED) is 0.470. The van der Waals surface area contributed by atoms with Crippen LogP contribution in [0.15, 0.2) is 41.3 Å². The second-order valence-corrected chi connectivity index (χ2v) is 6.04. The molecule has 0 fully saturated rings. The molecule has 0 atom stereocenters. The van der Waals surface area contributed by atoms with Crippen molar-refractivity contribution in [1.82, 2.24) is 5.43 Å². The van der Waals surface area contributed by atoms with Crippen molar-refractivity contribution in [2.24, 2.45) is 5.84 Å². The van der Waals surface area contributed by atoms with Crippen molar-refractivity contribution in [3.05, 3.63) is 36.4 Å². The molecule has 2 aromatic rings. The van der Waals surface area contributed by atoms with Crippen molar-refractivity contribution in [1.29, 1.82) is 0 Å². The maximum atomic E-state index is 12.4. The molecule has 0 bridgehead atoms. The number of amides is 1. The maximum absolute atomic E-state index is 12.4. The number of rotatable bonds is 2. The normalized spacial score (nSPS) is 15.7. The van der Waals surface area contributed by atoms with Crippen molar-refractivity contribution in [3.63, 3.8) is 0 Å². The predicted octanol–water partition coefficient (Wildman–Crippen LogP) is 0.338. The Morgan fingerprint density at radius 2 is 1.89 bits per heavy atom. The summed E-state index contributed by atoms with van der Waals surface area (Å²) in [5.74, 6) is 4.46. The molecule has 3 rings (SSSR count). The fraction of sp³-hybridized carbons (Fsp3) is 0.0833. The Kier molecular flexibility index (Phi) is 2.48. The zero-order valence-electron chi connectivity index (χ0n) is 9.83. The van der Waals surface area contributed by atoms with Crippen LogP contribution in [0.5, 0.6) is 0 Å². The van der Waals surface area contributed by atoms with Crippen molar-refractivity contribution >= 4 is 32.4 Å². The Morgan fingerprint density at radius 3 is 2.58 bits per heavy atom. The minimum absolute atomic E-state index is 0.227. The van der Waals surface area contributed by atoms with Crippen LogP contribution in [0.2, 0.25) is 0 Å². The van der Waals surface area contributed by atoms with Crippen molar-refractivity contribution in [2.45, 2.75) is 4.90 Å². The highest BCUT2D eigenvalue weighted by atomic mass is 32.2. The number of nitrogens with one attached hydrogen (secondary N) is 1. The van der Waals surface area contributed by atoms with Gasteiger partial charge in [0.2, 0.25) is 0 Å². The summed E-state index contributed by atoms with van der Waals surface area (Å²) in [7, 11) is -3.69. The van der Waals surface area contributed by atoms with E-state index < -0.39 is 15.9 Å². The topological polar surface area (TPSA) is 92.5 Å². The summed E-state index contributed by atoms with van der Waals surface area (Å²) in [4.78, 5) is 11.6. The van der Waals surface area contributed by atoms with Crippen LogP contribution in [0.1, 0.15) is 0 Å². The number of benzene rings is 2. The number of hydrazine groups is 1. The summed E-state index contributed by atoms with van der Waals surface area (Å²) in [6, 6.07) is 10.3. The average molecular weight is 277 g/mol. The van der Waals surface area contributed by atoms with Gasteiger partial charge < -0.3 is 0 Å². The fourth-order valence-electron chi connectivity index (χ4n) is 2.30. The van der Waals surface area contributed by atoms with E-state index in [0.717, 1.165) is 9.69 Å². The Morgan fingerprint density at radius 1 is 1.21 bits per heavy atom. The zero-order valence-corrected chi connectivity index (χ0v) is 10.6. The lowest BCUT2D eigenvalue weighted by Gasteiger charge is -2.17. The minimum atomic E-state index is -3.69. The Bertz CT molecular complexity index is 781. The zero-order chi connectivity index (χ0) is 13.6. The molecular formula is C12H11N3O3S. The molecular weight excluding hydrogens is 266 g/mol. The molecule has 0 unspecified atom stereocenters. The van der Waals surface area contributed by atoms with Gasteiger partial charge in [-0.2, -0.15) is 0 Å². The molecule has 3 N–H and O–H groups in total. The number of nitrogens with two attached hydrogens (primary N) is 1. The van der Waals surface area contributed by atoms with Crippen LogP contribution in [-0.2, 0) is 14.8 Å². The van der Waals surface area contributed by atoms with Gasteiger partial charge in [-0.05, 0) is 17.5 Å². The lowest BCUT2D eigenvalue weighted by molar-refractivity contribution is -0.119. The van der Waals surface area contributed by atoms with E-state index in [4.69, 9.17) is 5.84 Å². The first-order valence-electron chi connectivity index (χ1n) is 5.59. The van der Waals surface area contributed by atoms with Crippen LogP contribution in [0, 0.1) is 0 Å². The Balaban J connectivity index is 2.27. The number of nitrogens with zero attached hydrogens (tertiary/aromatic N) is 1. The highest BCUT2D eigenvalue weighted by Crippen LogP contribution is 2.41. The Labute approximate surface area is 109 Å². The molecule has 1 aliphatic rings. The highest BCUT2D eigenvalue weighted by molar-refractivity contribution is 7.93. The molecule has 1 heterocycles. The number of sulfonamides is 1. The van der Waals surface area contributed by atoms with Gasteiger partial charge in [0.15, 0.2) is 0 Å². The molecule has 1 amide bonds. The summed E-state index contributed by atoms with van der Waals surface area (Å²) < 4.78 is 25.9. The molecule has 19 heavy (non-hydrogen) atoms.